The molecule has 92 valence electrons. The van der Waals surface area contributed by atoms with Gasteiger partial charge in [0.1, 0.15) is 0 Å². The Labute approximate surface area is 92.8 Å². The second-order valence-electron chi connectivity index (χ2n) is 4.65. The average molecular weight is 237 g/mol. The van der Waals surface area contributed by atoms with Crippen LogP contribution in [0.4, 0.5) is 0 Å². The lowest BCUT2D eigenvalue weighted by atomic mass is 9.91. The molecule has 3 N–H and O–H groups in total. The third-order valence-corrected chi connectivity index (χ3v) is 4.35. The Balaban J connectivity index is 4.58. The van der Waals surface area contributed by atoms with Crippen molar-refractivity contribution in [3.63, 3.8) is 0 Å². The Hall–Kier alpha value is -0.130. The van der Waals surface area contributed by atoms with Gasteiger partial charge in [0.2, 0.25) is 0 Å². The summed E-state index contributed by atoms with van der Waals surface area (Å²) in [6.07, 6.45) is 1.02. The van der Waals surface area contributed by atoms with Crippen molar-refractivity contribution in [2.45, 2.75) is 38.5 Å². The maximum absolute atomic E-state index is 11.3. The van der Waals surface area contributed by atoms with Crippen LogP contribution in [0.1, 0.15) is 27.2 Å². The van der Waals surface area contributed by atoms with Crippen LogP contribution in [-0.2, 0) is 9.84 Å². The lowest BCUT2D eigenvalue weighted by Gasteiger charge is -2.26. The number of hydrogen-bond donors (Lipinski definition) is 2. The van der Waals surface area contributed by atoms with Crippen LogP contribution in [-0.4, -0.2) is 37.7 Å². The summed E-state index contributed by atoms with van der Waals surface area (Å²) in [7, 11) is -3.20. The van der Waals surface area contributed by atoms with Gasteiger partial charge in [0.05, 0.1) is 11.4 Å². The number of aliphatic hydroxyl groups excluding tert-OH is 1. The van der Waals surface area contributed by atoms with Crippen LogP contribution in [0.25, 0.3) is 0 Å². The fourth-order valence-electron chi connectivity index (χ4n) is 1.62. The van der Waals surface area contributed by atoms with Crippen molar-refractivity contribution in [1.29, 1.82) is 0 Å². The van der Waals surface area contributed by atoms with E-state index in [-0.39, 0.29) is 5.92 Å². The second kappa shape index (κ2) is 5.82. The van der Waals surface area contributed by atoms with Crippen LogP contribution >= 0.6 is 0 Å². The summed E-state index contributed by atoms with van der Waals surface area (Å²) in [6, 6.07) is 0. The first-order valence-electron chi connectivity index (χ1n) is 5.27. The number of aliphatic hydroxyl groups is 1. The highest BCUT2D eigenvalue weighted by molar-refractivity contribution is 7.91. The number of sulfone groups is 1. The summed E-state index contributed by atoms with van der Waals surface area (Å²) < 4.78 is 22.6. The highest BCUT2D eigenvalue weighted by atomic mass is 32.2. The van der Waals surface area contributed by atoms with Crippen molar-refractivity contribution >= 4 is 9.84 Å². The lowest BCUT2D eigenvalue weighted by molar-refractivity contribution is 0.0981. The van der Waals surface area contributed by atoms with Gasteiger partial charge in [-0.1, -0.05) is 13.8 Å². The molecule has 0 saturated carbocycles. The van der Waals surface area contributed by atoms with E-state index in [2.05, 4.69) is 0 Å². The minimum Gasteiger partial charge on any atom is -0.391 e. The predicted octanol–water partition coefficient (Wildman–Crippen LogP) is 0.401. The van der Waals surface area contributed by atoms with Gasteiger partial charge in [-0.25, -0.2) is 8.42 Å². The maximum atomic E-state index is 11.3. The average Bonchev–Trinajstić information content (AvgIpc) is 2.10. The molecular weight excluding hydrogens is 214 g/mol. The smallest absolute Gasteiger partial charge is 0.152 e. The van der Waals surface area contributed by atoms with E-state index in [1.54, 1.807) is 0 Å². The van der Waals surface area contributed by atoms with Gasteiger partial charge in [-0.2, -0.15) is 0 Å². The van der Waals surface area contributed by atoms with Gasteiger partial charge in [0.15, 0.2) is 9.84 Å². The van der Waals surface area contributed by atoms with Crippen molar-refractivity contribution < 1.29 is 13.5 Å². The molecule has 4 nitrogen and oxygen atoms in total. The summed E-state index contributed by atoms with van der Waals surface area (Å²) in [5, 5.41) is 9.16. The molecule has 3 atom stereocenters. The minimum atomic E-state index is -3.20. The first-order valence-corrected chi connectivity index (χ1v) is 7.22. The molecule has 0 aromatic carbocycles. The van der Waals surface area contributed by atoms with Gasteiger partial charge in [-0.15, -0.1) is 0 Å². The Kier molecular flexibility index (Phi) is 5.77. The topological polar surface area (TPSA) is 80.4 Å². The Morgan fingerprint density at radius 2 is 1.73 bits per heavy atom. The molecule has 0 aromatic rings. The summed E-state index contributed by atoms with van der Waals surface area (Å²) in [5.74, 6) is 0.259. The molecule has 0 aliphatic rings. The molecule has 0 heterocycles. The molecule has 0 amide bonds. The van der Waals surface area contributed by atoms with Crippen LogP contribution in [0.2, 0.25) is 0 Å². The Morgan fingerprint density at radius 1 is 1.27 bits per heavy atom. The van der Waals surface area contributed by atoms with Crippen LogP contribution in [0.5, 0.6) is 0 Å². The summed E-state index contributed by atoms with van der Waals surface area (Å²) in [5.41, 5.74) is 5.55. The van der Waals surface area contributed by atoms with Gasteiger partial charge < -0.3 is 10.8 Å². The molecule has 0 aliphatic heterocycles. The Morgan fingerprint density at radius 3 is 2.00 bits per heavy atom. The predicted molar refractivity (Wildman–Crippen MR) is 62.3 cm³/mol. The first kappa shape index (κ1) is 14.9. The van der Waals surface area contributed by atoms with Crippen LogP contribution in [0.3, 0.4) is 0 Å². The summed E-state index contributed by atoms with van der Waals surface area (Å²) in [6.45, 7) is 5.91. The largest absolute Gasteiger partial charge is 0.391 e. The van der Waals surface area contributed by atoms with E-state index >= 15 is 0 Å². The third-order valence-electron chi connectivity index (χ3n) is 2.72. The maximum Gasteiger partial charge on any atom is 0.152 e. The van der Waals surface area contributed by atoms with Crippen LogP contribution in [0, 0.1) is 11.8 Å². The minimum absolute atomic E-state index is 0.144. The van der Waals surface area contributed by atoms with Gasteiger partial charge in [0, 0.05) is 6.26 Å². The molecule has 0 aliphatic carbocycles. The molecule has 0 bridgehead atoms. The zero-order valence-electron chi connectivity index (χ0n) is 9.97. The van der Waals surface area contributed by atoms with Gasteiger partial charge in [-0.05, 0) is 31.7 Å². The van der Waals surface area contributed by atoms with Crippen molar-refractivity contribution in [2.24, 2.45) is 17.6 Å². The quantitative estimate of drug-likeness (QED) is 0.701. The van der Waals surface area contributed by atoms with Crippen LogP contribution in [0.15, 0.2) is 0 Å². The van der Waals surface area contributed by atoms with E-state index < -0.39 is 21.2 Å². The van der Waals surface area contributed by atoms with Crippen molar-refractivity contribution in [1.82, 2.24) is 0 Å². The summed E-state index contributed by atoms with van der Waals surface area (Å²) >= 11 is 0. The van der Waals surface area contributed by atoms with E-state index in [0.717, 1.165) is 12.7 Å². The molecule has 0 radical (unpaired) electrons. The number of nitrogens with two attached hydrogens (primary N) is 1. The summed E-state index contributed by atoms with van der Waals surface area (Å²) in [4.78, 5) is 0. The second-order valence-corrected chi connectivity index (χ2v) is 7.05. The molecular formula is C10H23NO3S. The Bertz CT molecular complexity index is 274. The molecule has 5 heteroatoms. The highest BCUT2D eigenvalue weighted by Crippen LogP contribution is 2.19. The fourth-order valence-corrected chi connectivity index (χ4v) is 2.35. The molecule has 0 saturated heterocycles. The van der Waals surface area contributed by atoms with Crippen molar-refractivity contribution in [3.05, 3.63) is 0 Å². The van der Waals surface area contributed by atoms with Crippen molar-refractivity contribution in [2.75, 3.05) is 12.8 Å². The SMILES string of the molecule is CC(C)CC(CN)C(O)C(C)S(C)(=O)=O. The van der Waals surface area contributed by atoms with E-state index in [4.69, 9.17) is 5.73 Å². The van der Waals surface area contributed by atoms with E-state index in [9.17, 15) is 13.5 Å². The van der Waals surface area contributed by atoms with Gasteiger partial charge in [0.25, 0.3) is 0 Å². The van der Waals surface area contributed by atoms with Gasteiger partial charge >= 0.3 is 0 Å². The van der Waals surface area contributed by atoms with E-state index in [0.29, 0.717) is 12.5 Å². The molecule has 15 heavy (non-hydrogen) atoms. The third kappa shape index (κ3) is 4.95. The number of rotatable bonds is 6. The molecule has 0 spiro atoms. The molecule has 0 fully saturated rings. The van der Waals surface area contributed by atoms with E-state index in [1.165, 1.54) is 6.92 Å². The fraction of sp³-hybridized carbons (Fsp3) is 1.00. The standard InChI is InChI=1S/C10H23NO3S/c1-7(2)5-9(6-11)10(12)8(3)15(4,13)14/h7-10,12H,5-6,11H2,1-4H3. The molecule has 3 unspecified atom stereocenters. The number of hydrogen-bond acceptors (Lipinski definition) is 4. The highest BCUT2D eigenvalue weighted by Gasteiger charge is 2.30. The lowest BCUT2D eigenvalue weighted by Crippen LogP contribution is -2.40. The van der Waals surface area contributed by atoms with Crippen LogP contribution < -0.4 is 5.73 Å². The van der Waals surface area contributed by atoms with E-state index in [1.807, 2.05) is 13.8 Å². The van der Waals surface area contributed by atoms with Gasteiger partial charge in [-0.3, -0.25) is 0 Å². The van der Waals surface area contributed by atoms with Crippen molar-refractivity contribution in [3.8, 4) is 0 Å². The normalized spacial score (nSPS) is 18.9. The molecule has 0 aromatic heterocycles. The zero-order chi connectivity index (χ0) is 12.2. The first-order chi connectivity index (χ1) is 6.70. The zero-order valence-corrected chi connectivity index (χ0v) is 10.8. The molecule has 0 rings (SSSR count). The monoisotopic (exact) mass is 237 g/mol.